The molecular weight excluding hydrogens is 346 g/mol. The van der Waals surface area contributed by atoms with Gasteiger partial charge in [-0.3, -0.25) is 0 Å². The number of thiophene rings is 1. The molecule has 1 aromatic carbocycles. The van der Waals surface area contributed by atoms with Crippen LogP contribution in [0.5, 0.6) is 5.75 Å². The van der Waals surface area contributed by atoms with E-state index in [1.165, 1.54) is 26.0 Å². The first-order chi connectivity index (χ1) is 10.1. The Morgan fingerprint density at radius 1 is 1.24 bits per heavy atom. The molecule has 114 valence electrons. The Morgan fingerprint density at radius 2 is 2.00 bits per heavy atom. The molecule has 1 N–H and O–H groups in total. The Labute approximate surface area is 139 Å². The van der Waals surface area contributed by atoms with Gasteiger partial charge in [0, 0.05) is 0 Å². The molecule has 1 heterocycles. The normalized spacial score (nSPS) is 12.4. The minimum Gasteiger partial charge on any atom is -0.496 e. The Bertz CT molecular complexity index is 609. The number of hydrogen-bond acceptors (Lipinski definition) is 3. The molecule has 2 nitrogen and oxygen atoms in total. The zero-order valence-corrected chi connectivity index (χ0v) is 15.4. The molecule has 0 spiro atoms. The highest BCUT2D eigenvalue weighted by Gasteiger charge is 2.18. The van der Waals surface area contributed by atoms with E-state index in [0.717, 1.165) is 18.7 Å². The van der Waals surface area contributed by atoms with Crippen molar-refractivity contribution in [2.24, 2.45) is 0 Å². The van der Waals surface area contributed by atoms with Crippen LogP contribution in [0.3, 0.4) is 0 Å². The molecule has 1 aromatic heterocycles. The van der Waals surface area contributed by atoms with Crippen LogP contribution >= 0.6 is 27.3 Å². The van der Waals surface area contributed by atoms with Gasteiger partial charge in [-0.05, 0) is 82.5 Å². The van der Waals surface area contributed by atoms with E-state index in [0.29, 0.717) is 0 Å². The van der Waals surface area contributed by atoms with Gasteiger partial charge in [0.25, 0.3) is 0 Å². The van der Waals surface area contributed by atoms with Crippen LogP contribution in [-0.4, -0.2) is 13.7 Å². The van der Waals surface area contributed by atoms with Gasteiger partial charge in [0.05, 0.1) is 16.9 Å². The molecule has 2 rings (SSSR count). The van der Waals surface area contributed by atoms with Gasteiger partial charge in [-0.1, -0.05) is 13.0 Å². The van der Waals surface area contributed by atoms with E-state index < -0.39 is 0 Å². The van der Waals surface area contributed by atoms with Gasteiger partial charge >= 0.3 is 0 Å². The molecule has 0 bridgehead atoms. The van der Waals surface area contributed by atoms with Crippen molar-refractivity contribution in [2.45, 2.75) is 33.2 Å². The zero-order valence-electron chi connectivity index (χ0n) is 13.0. The monoisotopic (exact) mass is 367 g/mol. The summed E-state index contributed by atoms with van der Waals surface area (Å²) in [5.41, 5.74) is 5.07. The third-order valence-electron chi connectivity index (χ3n) is 3.61. The predicted molar refractivity (Wildman–Crippen MR) is 94.6 cm³/mol. The lowest BCUT2D eigenvalue weighted by Gasteiger charge is -2.22. The Hall–Kier alpha value is -0.840. The van der Waals surface area contributed by atoms with Gasteiger partial charge in [0.2, 0.25) is 0 Å². The van der Waals surface area contributed by atoms with E-state index in [1.54, 1.807) is 18.4 Å². The summed E-state index contributed by atoms with van der Waals surface area (Å²) in [5.74, 6) is 0.956. The SMILES string of the molecule is CCCNC(c1csc(Br)c1)c1cc(C)c(OC)cc1C. The maximum Gasteiger partial charge on any atom is 0.122 e. The largest absolute Gasteiger partial charge is 0.496 e. The molecule has 4 heteroatoms. The number of hydrogen-bond donors (Lipinski definition) is 1. The number of benzene rings is 1. The Morgan fingerprint density at radius 3 is 2.57 bits per heavy atom. The van der Waals surface area contributed by atoms with E-state index in [2.05, 4.69) is 65.6 Å². The summed E-state index contributed by atoms with van der Waals surface area (Å²) in [4.78, 5) is 0. The van der Waals surface area contributed by atoms with E-state index in [9.17, 15) is 0 Å². The average Bonchev–Trinajstić information content (AvgIpc) is 2.89. The van der Waals surface area contributed by atoms with Crippen LogP contribution in [-0.2, 0) is 0 Å². The molecule has 0 aliphatic heterocycles. The first kappa shape index (κ1) is 16.5. The molecule has 21 heavy (non-hydrogen) atoms. The van der Waals surface area contributed by atoms with Crippen molar-refractivity contribution in [2.75, 3.05) is 13.7 Å². The number of ether oxygens (including phenoxy) is 1. The molecule has 0 aliphatic carbocycles. The predicted octanol–water partition coefficient (Wildman–Crippen LogP) is 5.23. The second-order valence-electron chi connectivity index (χ2n) is 5.25. The van der Waals surface area contributed by atoms with E-state index >= 15 is 0 Å². The van der Waals surface area contributed by atoms with Crippen LogP contribution in [0.2, 0.25) is 0 Å². The van der Waals surface area contributed by atoms with Gasteiger partial charge in [0.15, 0.2) is 0 Å². The van der Waals surface area contributed by atoms with Crippen LogP contribution in [0, 0.1) is 13.8 Å². The van der Waals surface area contributed by atoms with Gasteiger partial charge < -0.3 is 10.1 Å². The zero-order chi connectivity index (χ0) is 15.4. The summed E-state index contributed by atoms with van der Waals surface area (Å²) in [7, 11) is 1.73. The molecular formula is C17H22BrNOS. The second-order valence-corrected chi connectivity index (χ2v) is 7.54. The number of nitrogens with one attached hydrogen (secondary N) is 1. The van der Waals surface area contributed by atoms with Crippen molar-refractivity contribution < 1.29 is 4.74 Å². The number of aryl methyl sites for hydroxylation is 2. The summed E-state index contributed by atoms with van der Waals surface area (Å²) in [6.07, 6.45) is 1.12. The third-order valence-corrected chi connectivity index (χ3v) is 5.14. The maximum absolute atomic E-state index is 5.43. The standard InChI is InChI=1S/C17H22BrNOS/c1-5-6-19-17(13-9-16(18)21-10-13)14-7-12(3)15(20-4)8-11(14)2/h7-10,17,19H,5-6H2,1-4H3. The molecule has 0 aliphatic rings. The smallest absolute Gasteiger partial charge is 0.122 e. The highest BCUT2D eigenvalue weighted by atomic mass is 79.9. The summed E-state index contributed by atoms with van der Waals surface area (Å²) in [5, 5.41) is 5.88. The van der Waals surface area contributed by atoms with E-state index in [-0.39, 0.29) is 6.04 Å². The highest BCUT2D eigenvalue weighted by molar-refractivity contribution is 9.11. The summed E-state index contributed by atoms with van der Waals surface area (Å²) in [6.45, 7) is 7.45. The van der Waals surface area contributed by atoms with Gasteiger partial charge in [0.1, 0.15) is 5.75 Å². The topological polar surface area (TPSA) is 21.3 Å². The molecule has 0 amide bonds. The Kier molecular flexibility index (Phi) is 5.85. The lowest BCUT2D eigenvalue weighted by Crippen LogP contribution is -2.23. The molecule has 1 atom stereocenters. The van der Waals surface area contributed by atoms with Crippen molar-refractivity contribution in [1.29, 1.82) is 0 Å². The fraction of sp³-hybridized carbons (Fsp3) is 0.412. The maximum atomic E-state index is 5.43. The van der Waals surface area contributed by atoms with Crippen LogP contribution in [0.25, 0.3) is 0 Å². The molecule has 2 aromatic rings. The first-order valence-electron chi connectivity index (χ1n) is 7.19. The Balaban J connectivity index is 2.43. The van der Waals surface area contributed by atoms with Gasteiger partial charge in [-0.25, -0.2) is 0 Å². The molecule has 0 saturated carbocycles. The first-order valence-corrected chi connectivity index (χ1v) is 8.86. The van der Waals surface area contributed by atoms with Crippen molar-refractivity contribution in [3.63, 3.8) is 0 Å². The lowest BCUT2D eigenvalue weighted by molar-refractivity contribution is 0.411. The van der Waals surface area contributed by atoms with Gasteiger partial charge in [-0.2, -0.15) is 0 Å². The van der Waals surface area contributed by atoms with Crippen molar-refractivity contribution in [3.05, 3.63) is 49.6 Å². The number of methoxy groups -OCH3 is 1. The number of rotatable bonds is 6. The van der Waals surface area contributed by atoms with Crippen molar-refractivity contribution >= 4 is 27.3 Å². The highest BCUT2D eigenvalue weighted by Crippen LogP contribution is 2.33. The molecule has 0 fully saturated rings. The van der Waals surface area contributed by atoms with Crippen molar-refractivity contribution in [1.82, 2.24) is 5.32 Å². The summed E-state index contributed by atoms with van der Waals surface area (Å²) < 4.78 is 6.60. The quantitative estimate of drug-likeness (QED) is 0.754. The van der Waals surface area contributed by atoms with Crippen molar-refractivity contribution in [3.8, 4) is 5.75 Å². The average molecular weight is 368 g/mol. The van der Waals surface area contributed by atoms with Crippen LogP contribution < -0.4 is 10.1 Å². The van der Waals surface area contributed by atoms with E-state index in [1.807, 2.05) is 0 Å². The number of halogens is 1. The summed E-state index contributed by atoms with van der Waals surface area (Å²) >= 11 is 5.30. The van der Waals surface area contributed by atoms with Crippen LogP contribution in [0.15, 0.2) is 27.4 Å². The van der Waals surface area contributed by atoms with Crippen LogP contribution in [0.1, 0.15) is 41.6 Å². The lowest BCUT2D eigenvalue weighted by atomic mass is 9.94. The fourth-order valence-corrected chi connectivity index (χ4v) is 3.72. The molecule has 1 unspecified atom stereocenters. The minimum absolute atomic E-state index is 0.233. The van der Waals surface area contributed by atoms with E-state index in [4.69, 9.17) is 4.74 Å². The van der Waals surface area contributed by atoms with Gasteiger partial charge in [-0.15, -0.1) is 11.3 Å². The second kappa shape index (κ2) is 7.43. The molecule has 0 radical (unpaired) electrons. The molecule has 0 saturated heterocycles. The third kappa shape index (κ3) is 3.87. The minimum atomic E-state index is 0.233. The summed E-state index contributed by atoms with van der Waals surface area (Å²) in [6, 6.07) is 6.81. The fourth-order valence-electron chi connectivity index (χ4n) is 2.51. The van der Waals surface area contributed by atoms with Crippen LogP contribution in [0.4, 0.5) is 0 Å².